The van der Waals surface area contributed by atoms with Crippen LogP contribution in [0.25, 0.3) is 0 Å². The van der Waals surface area contributed by atoms with Crippen molar-refractivity contribution in [3.63, 3.8) is 0 Å². The molecule has 6 nitrogen and oxygen atoms in total. The van der Waals surface area contributed by atoms with Crippen LogP contribution in [0.2, 0.25) is 0 Å². The fraction of sp³-hybridized carbons (Fsp3) is 0.273. The summed E-state index contributed by atoms with van der Waals surface area (Å²) in [6.07, 6.45) is 0. The molecule has 148 valence electrons. The van der Waals surface area contributed by atoms with Crippen LogP contribution in [-0.2, 0) is 9.59 Å². The Kier molecular flexibility index (Phi) is 7.45. The highest BCUT2D eigenvalue weighted by Crippen LogP contribution is 2.34. The smallest absolute Gasteiger partial charge is 0.235 e. The second-order valence-electron chi connectivity index (χ2n) is 6.35. The van der Waals surface area contributed by atoms with Crippen LogP contribution in [0.5, 0.6) is 5.75 Å². The summed E-state index contributed by atoms with van der Waals surface area (Å²) in [5.41, 5.74) is 0.801. The first-order valence-corrected chi connectivity index (χ1v) is 9.00. The van der Waals surface area contributed by atoms with Crippen molar-refractivity contribution in [2.75, 3.05) is 11.9 Å². The SMILES string of the molecule is CCOc1ccc([C@@H](C(C#N)C#N)[C@H](C(C)=O)C(=O)Nc2ccc(F)cc2)cc1. The molecule has 2 aromatic rings. The van der Waals surface area contributed by atoms with Gasteiger partial charge in [-0.1, -0.05) is 12.1 Å². The molecular weight excluding hydrogens is 373 g/mol. The van der Waals surface area contributed by atoms with Crippen LogP contribution in [0.4, 0.5) is 10.1 Å². The van der Waals surface area contributed by atoms with Gasteiger partial charge in [-0.05, 0) is 55.8 Å². The van der Waals surface area contributed by atoms with Crippen molar-refractivity contribution in [1.82, 2.24) is 0 Å². The summed E-state index contributed by atoms with van der Waals surface area (Å²) in [6.45, 7) is 3.55. The summed E-state index contributed by atoms with van der Waals surface area (Å²) in [5, 5.41) is 21.5. The van der Waals surface area contributed by atoms with Crippen LogP contribution < -0.4 is 10.1 Å². The van der Waals surface area contributed by atoms with E-state index >= 15 is 0 Å². The highest BCUT2D eigenvalue weighted by molar-refractivity contribution is 6.07. The van der Waals surface area contributed by atoms with Gasteiger partial charge in [-0.3, -0.25) is 9.59 Å². The van der Waals surface area contributed by atoms with Crippen LogP contribution in [0.15, 0.2) is 48.5 Å². The lowest BCUT2D eigenvalue weighted by Crippen LogP contribution is -2.36. The lowest BCUT2D eigenvalue weighted by molar-refractivity contribution is -0.131. The zero-order valence-corrected chi connectivity index (χ0v) is 16.1. The van der Waals surface area contributed by atoms with E-state index in [2.05, 4.69) is 5.32 Å². The number of halogens is 1. The van der Waals surface area contributed by atoms with Crippen molar-refractivity contribution in [1.29, 1.82) is 10.5 Å². The minimum Gasteiger partial charge on any atom is -0.494 e. The number of hydrogen-bond donors (Lipinski definition) is 1. The Labute approximate surface area is 168 Å². The molecule has 0 saturated carbocycles. The van der Waals surface area contributed by atoms with E-state index in [0.29, 0.717) is 23.6 Å². The summed E-state index contributed by atoms with van der Waals surface area (Å²) in [6, 6.07) is 15.4. The van der Waals surface area contributed by atoms with Gasteiger partial charge in [-0.15, -0.1) is 0 Å². The lowest BCUT2D eigenvalue weighted by atomic mass is 9.75. The Morgan fingerprint density at radius 2 is 1.66 bits per heavy atom. The van der Waals surface area contributed by atoms with Gasteiger partial charge in [-0.2, -0.15) is 10.5 Å². The van der Waals surface area contributed by atoms with Gasteiger partial charge >= 0.3 is 0 Å². The van der Waals surface area contributed by atoms with E-state index in [-0.39, 0.29) is 0 Å². The molecule has 2 aromatic carbocycles. The molecule has 0 fully saturated rings. The third-order valence-corrected chi connectivity index (χ3v) is 4.40. The summed E-state index contributed by atoms with van der Waals surface area (Å²) in [4.78, 5) is 25.3. The quantitative estimate of drug-likeness (QED) is 0.687. The average molecular weight is 393 g/mol. The van der Waals surface area contributed by atoms with Gasteiger partial charge < -0.3 is 10.1 Å². The monoisotopic (exact) mass is 393 g/mol. The first-order valence-electron chi connectivity index (χ1n) is 9.00. The minimum absolute atomic E-state index is 0.304. The number of rotatable bonds is 8. The zero-order chi connectivity index (χ0) is 21.4. The van der Waals surface area contributed by atoms with Gasteiger partial charge in [0.15, 0.2) is 0 Å². The molecule has 2 atom stereocenters. The van der Waals surface area contributed by atoms with E-state index in [9.17, 15) is 24.5 Å². The summed E-state index contributed by atoms with van der Waals surface area (Å²) < 4.78 is 18.5. The number of carbonyl (C=O) groups is 2. The van der Waals surface area contributed by atoms with Crippen molar-refractivity contribution in [2.24, 2.45) is 11.8 Å². The van der Waals surface area contributed by atoms with Gasteiger partial charge in [0.2, 0.25) is 5.91 Å². The molecule has 2 rings (SSSR count). The van der Waals surface area contributed by atoms with Crippen LogP contribution in [0, 0.1) is 40.3 Å². The van der Waals surface area contributed by atoms with Crippen molar-refractivity contribution in [2.45, 2.75) is 19.8 Å². The number of nitriles is 2. The molecule has 0 heterocycles. The Balaban J connectivity index is 2.42. The Morgan fingerprint density at radius 1 is 1.07 bits per heavy atom. The molecule has 0 radical (unpaired) electrons. The van der Waals surface area contributed by atoms with Gasteiger partial charge in [0.05, 0.1) is 18.7 Å². The predicted molar refractivity (Wildman–Crippen MR) is 104 cm³/mol. The topological polar surface area (TPSA) is 103 Å². The van der Waals surface area contributed by atoms with Crippen molar-refractivity contribution >= 4 is 17.4 Å². The number of ketones is 1. The summed E-state index contributed by atoms with van der Waals surface area (Å²) in [7, 11) is 0. The zero-order valence-electron chi connectivity index (χ0n) is 16.1. The number of nitrogens with one attached hydrogen (secondary N) is 1. The molecule has 0 spiro atoms. The predicted octanol–water partition coefficient (Wildman–Crippen LogP) is 3.82. The number of nitrogens with zero attached hydrogens (tertiary/aromatic N) is 2. The maximum Gasteiger partial charge on any atom is 0.235 e. The first-order chi connectivity index (χ1) is 13.9. The third kappa shape index (κ3) is 5.40. The molecule has 0 bridgehead atoms. The molecule has 0 aromatic heterocycles. The van der Waals surface area contributed by atoms with Gasteiger partial charge in [-0.25, -0.2) is 4.39 Å². The number of amides is 1. The number of carbonyl (C=O) groups excluding carboxylic acids is 2. The molecule has 0 saturated heterocycles. The molecule has 0 aliphatic heterocycles. The van der Waals surface area contributed by atoms with E-state index in [1.165, 1.54) is 31.2 Å². The van der Waals surface area contributed by atoms with E-state index in [1.54, 1.807) is 24.3 Å². The maximum atomic E-state index is 13.1. The number of Topliss-reactive ketones (excluding diaryl/α,β-unsaturated/α-hetero) is 1. The van der Waals surface area contributed by atoms with Crippen LogP contribution in [0.1, 0.15) is 25.3 Å². The molecular formula is C22H20FN3O3. The largest absolute Gasteiger partial charge is 0.494 e. The summed E-state index contributed by atoms with van der Waals surface area (Å²) >= 11 is 0. The molecule has 29 heavy (non-hydrogen) atoms. The minimum atomic E-state index is -1.28. The molecule has 1 amide bonds. The molecule has 0 aliphatic carbocycles. The molecule has 0 aliphatic rings. The van der Waals surface area contributed by atoms with E-state index in [1.807, 2.05) is 19.1 Å². The number of hydrogen-bond acceptors (Lipinski definition) is 5. The van der Waals surface area contributed by atoms with E-state index < -0.39 is 35.3 Å². The van der Waals surface area contributed by atoms with Crippen LogP contribution in [0.3, 0.4) is 0 Å². The fourth-order valence-electron chi connectivity index (χ4n) is 3.07. The standard InChI is InChI=1S/C22H20FN3O3/c1-3-29-19-10-4-15(5-11-19)21(16(12-24)13-25)20(14(2)27)22(28)26-18-8-6-17(23)7-9-18/h4-11,16,20-21H,3H2,1-2H3,(H,26,28)/t20-,21-/m0/s1. The van der Waals surface area contributed by atoms with E-state index in [0.717, 1.165) is 0 Å². The Morgan fingerprint density at radius 3 is 2.14 bits per heavy atom. The van der Waals surface area contributed by atoms with Crippen molar-refractivity contribution in [3.05, 3.63) is 59.9 Å². The van der Waals surface area contributed by atoms with Crippen LogP contribution >= 0.6 is 0 Å². The average Bonchev–Trinajstić information content (AvgIpc) is 2.70. The second-order valence-corrected chi connectivity index (χ2v) is 6.35. The molecule has 7 heteroatoms. The number of ether oxygens (including phenoxy) is 1. The fourth-order valence-corrected chi connectivity index (χ4v) is 3.07. The second kappa shape index (κ2) is 10.0. The normalized spacial score (nSPS) is 12.3. The van der Waals surface area contributed by atoms with Gasteiger partial charge in [0.1, 0.15) is 29.2 Å². The van der Waals surface area contributed by atoms with Gasteiger partial charge in [0, 0.05) is 11.6 Å². The first kappa shape index (κ1) is 21.6. The summed E-state index contributed by atoms with van der Waals surface area (Å²) in [5.74, 6) is -4.50. The lowest BCUT2D eigenvalue weighted by Gasteiger charge is -2.26. The van der Waals surface area contributed by atoms with E-state index in [4.69, 9.17) is 4.74 Å². The maximum absolute atomic E-state index is 13.1. The molecule has 1 N–H and O–H groups in total. The van der Waals surface area contributed by atoms with Gasteiger partial charge in [0.25, 0.3) is 0 Å². The number of anilines is 1. The highest BCUT2D eigenvalue weighted by atomic mass is 19.1. The van der Waals surface area contributed by atoms with Crippen molar-refractivity contribution < 1.29 is 18.7 Å². The Hall–Kier alpha value is -3.71. The van der Waals surface area contributed by atoms with Crippen LogP contribution in [-0.4, -0.2) is 18.3 Å². The highest BCUT2D eigenvalue weighted by Gasteiger charge is 2.39. The van der Waals surface area contributed by atoms with Crippen molar-refractivity contribution in [3.8, 4) is 17.9 Å². The number of benzene rings is 2. The molecule has 0 unspecified atom stereocenters. The Bertz CT molecular complexity index is 929. The third-order valence-electron chi connectivity index (χ3n) is 4.40.